The Balaban J connectivity index is 1.87. The molecule has 1 amide bonds. The number of likely N-dealkylation sites (N-methyl/N-ethyl adjacent to an activating group) is 1. The summed E-state index contributed by atoms with van der Waals surface area (Å²) in [6.07, 6.45) is 1.64. The summed E-state index contributed by atoms with van der Waals surface area (Å²) >= 11 is 12.1. The molecule has 1 fully saturated rings. The van der Waals surface area contributed by atoms with Crippen LogP contribution in [0.2, 0.25) is 10.0 Å². The third-order valence-corrected chi connectivity index (χ3v) is 6.19. The second kappa shape index (κ2) is 6.97. The topological polar surface area (TPSA) is 91.7 Å². The maximum absolute atomic E-state index is 12.7. The Hall–Kier alpha value is -1.58. The number of anilines is 1. The van der Waals surface area contributed by atoms with Crippen LogP contribution in [0, 0.1) is 0 Å². The molecule has 2 heterocycles. The van der Waals surface area contributed by atoms with Crippen LogP contribution in [0.4, 0.5) is 5.69 Å². The molecule has 2 unspecified atom stereocenters. The van der Waals surface area contributed by atoms with Crippen molar-refractivity contribution < 1.29 is 17.6 Å². The van der Waals surface area contributed by atoms with Crippen molar-refractivity contribution in [2.45, 2.75) is 18.5 Å². The van der Waals surface area contributed by atoms with Crippen LogP contribution in [0.5, 0.6) is 0 Å². The molecule has 0 spiro atoms. The van der Waals surface area contributed by atoms with E-state index in [1.54, 1.807) is 30.3 Å². The van der Waals surface area contributed by atoms with Crippen LogP contribution in [0.25, 0.3) is 0 Å². The minimum absolute atomic E-state index is 0.192. The van der Waals surface area contributed by atoms with E-state index in [0.717, 1.165) is 4.31 Å². The highest BCUT2D eigenvalue weighted by Crippen LogP contribution is 2.32. The van der Waals surface area contributed by atoms with Gasteiger partial charge in [0.15, 0.2) is 0 Å². The number of hydrogen-bond donors (Lipinski definition) is 2. The number of para-hydroxylation sites is 1. The average molecular weight is 404 g/mol. The Labute approximate surface area is 155 Å². The Morgan fingerprint density at radius 2 is 1.96 bits per heavy atom. The van der Waals surface area contributed by atoms with Gasteiger partial charge in [-0.1, -0.05) is 29.3 Å². The van der Waals surface area contributed by atoms with Gasteiger partial charge in [-0.3, -0.25) is 4.79 Å². The lowest BCUT2D eigenvalue weighted by Gasteiger charge is -2.35. The predicted molar refractivity (Wildman–Crippen MR) is 94.8 cm³/mol. The minimum atomic E-state index is -3.85. The third kappa shape index (κ3) is 3.68. The highest BCUT2D eigenvalue weighted by atomic mass is 35.5. The summed E-state index contributed by atoms with van der Waals surface area (Å²) < 4.78 is 33.4. The van der Waals surface area contributed by atoms with Crippen LogP contribution in [0.1, 0.15) is 18.2 Å². The van der Waals surface area contributed by atoms with E-state index in [0.29, 0.717) is 5.76 Å². The van der Waals surface area contributed by atoms with Gasteiger partial charge in [-0.15, -0.1) is 0 Å². The predicted octanol–water partition coefficient (Wildman–Crippen LogP) is 2.80. The standard InChI is InChI=1S/C15H15Cl2N3O4S/c1-20-12(15(21)18-14-9(16)4-2-5-10(14)17)8-11(19-25(20,22)23)13-6-3-7-24-13/h2-7,11-12,19H,8H2,1H3,(H,18,21). The number of benzene rings is 1. The van der Waals surface area contributed by atoms with Gasteiger partial charge in [0, 0.05) is 7.05 Å². The number of carbonyl (C=O) groups excluding carboxylic acids is 1. The summed E-state index contributed by atoms with van der Waals surface area (Å²) in [7, 11) is -2.51. The van der Waals surface area contributed by atoms with E-state index in [1.807, 2.05) is 0 Å². The number of nitrogens with zero attached hydrogens (tertiary/aromatic N) is 1. The fourth-order valence-corrected chi connectivity index (χ4v) is 4.36. The van der Waals surface area contributed by atoms with E-state index >= 15 is 0 Å². The molecule has 1 saturated heterocycles. The molecule has 0 radical (unpaired) electrons. The fourth-order valence-electron chi connectivity index (χ4n) is 2.61. The highest BCUT2D eigenvalue weighted by molar-refractivity contribution is 7.87. The first kappa shape index (κ1) is 18.2. The zero-order valence-corrected chi connectivity index (χ0v) is 15.4. The van der Waals surface area contributed by atoms with E-state index < -0.39 is 28.2 Å². The molecule has 2 N–H and O–H groups in total. The Morgan fingerprint density at radius 1 is 1.28 bits per heavy atom. The van der Waals surface area contributed by atoms with Crippen molar-refractivity contribution in [3.63, 3.8) is 0 Å². The van der Waals surface area contributed by atoms with Gasteiger partial charge in [0.25, 0.3) is 10.2 Å². The molecule has 3 rings (SSSR count). The van der Waals surface area contributed by atoms with E-state index in [9.17, 15) is 13.2 Å². The largest absolute Gasteiger partial charge is 0.468 e. The quantitative estimate of drug-likeness (QED) is 0.823. The molecule has 2 atom stereocenters. The minimum Gasteiger partial charge on any atom is -0.468 e. The Bertz CT molecular complexity index is 866. The number of carbonyl (C=O) groups is 1. The monoisotopic (exact) mass is 403 g/mol. The molecular weight excluding hydrogens is 389 g/mol. The first-order valence-electron chi connectivity index (χ1n) is 7.33. The normalized spacial score (nSPS) is 23.3. The second-order valence-corrected chi connectivity index (χ2v) is 8.12. The lowest BCUT2D eigenvalue weighted by molar-refractivity contribution is -0.120. The molecule has 134 valence electrons. The summed E-state index contributed by atoms with van der Waals surface area (Å²) in [5, 5.41) is 3.15. The van der Waals surface area contributed by atoms with E-state index in [2.05, 4.69) is 10.0 Å². The summed E-state index contributed by atoms with van der Waals surface area (Å²) in [5.41, 5.74) is 0.245. The van der Waals surface area contributed by atoms with Gasteiger partial charge in [-0.2, -0.15) is 17.4 Å². The average Bonchev–Trinajstić information content (AvgIpc) is 3.07. The van der Waals surface area contributed by atoms with Crippen molar-refractivity contribution in [2.75, 3.05) is 12.4 Å². The molecular formula is C15H15Cl2N3O4S. The van der Waals surface area contributed by atoms with Crippen molar-refractivity contribution in [2.24, 2.45) is 0 Å². The zero-order chi connectivity index (χ0) is 18.2. The number of nitrogens with one attached hydrogen (secondary N) is 2. The Kier molecular flexibility index (Phi) is 5.08. The molecule has 10 heteroatoms. The first-order chi connectivity index (χ1) is 11.8. The fraction of sp³-hybridized carbons (Fsp3) is 0.267. The summed E-state index contributed by atoms with van der Waals surface area (Å²) in [6, 6.07) is 6.52. The van der Waals surface area contributed by atoms with Crippen molar-refractivity contribution >= 4 is 45.0 Å². The van der Waals surface area contributed by atoms with Gasteiger partial charge < -0.3 is 9.73 Å². The molecule has 1 aliphatic heterocycles. The van der Waals surface area contributed by atoms with Gasteiger partial charge in [0.2, 0.25) is 5.91 Å². The molecule has 0 aliphatic carbocycles. The van der Waals surface area contributed by atoms with Crippen molar-refractivity contribution in [3.05, 3.63) is 52.4 Å². The molecule has 1 aromatic heterocycles. The van der Waals surface area contributed by atoms with Crippen LogP contribution in [-0.4, -0.2) is 31.7 Å². The maximum Gasteiger partial charge on any atom is 0.280 e. The number of rotatable bonds is 3. The summed E-state index contributed by atoms with van der Waals surface area (Å²) in [4.78, 5) is 12.7. The molecule has 25 heavy (non-hydrogen) atoms. The van der Waals surface area contributed by atoms with Crippen LogP contribution >= 0.6 is 23.2 Å². The van der Waals surface area contributed by atoms with E-state index in [4.69, 9.17) is 27.6 Å². The summed E-state index contributed by atoms with van der Waals surface area (Å²) in [5.74, 6) is -0.0932. The molecule has 0 saturated carbocycles. The number of halogens is 2. The van der Waals surface area contributed by atoms with Gasteiger partial charge in [-0.25, -0.2) is 0 Å². The smallest absolute Gasteiger partial charge is 0.280 e. The lowest BCUT2D eigenvalue weighted by Crippen LogP contribution is -2.55. The molecule has 2 aromatic rings. The Morgan fingerprint density at radius 3 is 2.56 bits per heavy atom. The second-order valence-electron chi connectivity index (χ2n) is 5.54. The SMILES string of the molecule is CN1C(C(=O)Nc2c(Cl)cccc2Cl)CC(c2ccco2)NS1(=O)=O. The van der Waals surface area contributed by atoms with Crippen LogP contribution in [0.15, 0.2) is 41.0 Å². The third-order valence-electron chi connectivity index (χ3n) is 3.97. The van der Waals surface area contributed by atoms with Gasteiger partial charge >= 0.3 is 0 Å². The number of amides is 1. The lowest BCUT2D eigenvalue weighted by atomic mass is 10.0. The molecule has 7 nitrogen and oxygen atoms in total. The molecule has 1 aliphatic rings. The number of furan rings is 1. The van der Waals surface area contributed by atoms with Crippen LogP contribution in [-0.2, 0) is 15.0 Å². The molecule has 0 bridgehead atoms. The highest BCUT2D eigenvalue weighted by Gasteiger charge is 2.41. The van der Waals surface area contributed by atoms with Crippen molar-refractivity contribution in [3.8, 4) is 0 Å². The first-order valence-corrected chi connectivity index (χ1v) is 9.53. The van der Waals surface area contributed by atoms with Crippen LogP contribution < -0.4 is 10.0 Å². The van der Waals surface area contributed by atoms with E-state index in [1.165, 1.54) is 13.3 Å². The van der Waals surface area contributed by atoms with Crippen LogP contribution in [0.3, 0.4) is 0 Å². The van der Waals surface area contributed by atoms with Crippen molar-refractivity contribution in [1.82, 2.24) is 9.03 Å². The van der Waals surface area contributed by atoms with Gasteiger partial charge in [0.05, 0.1) is 28.0 Å². The van der Waals surface area contributed by atoms with Gasteiger partial charge in [0.1, 0.15) is 11.8 Å². The van der Waals surface area contributed by atoms with E-state index in [-0.39, 0.29) is 22.2 Å². The van der Waals surface area contributed by atoms with Crippen molar-refractivity contribution in [1.29, 1.82) is 0 Å². The van der Waals surface area contributed by atoms with Gasteiger partial charge in [-0.05, 0) is 30.7 Å². The number of hydrogen-bond acceptors (Lipinski definition) is 4. The zero-order valence-electron chi connectivity index (χ0n) is 13.1. The molecule has 1 aromatic carbocycles. The summed E-state index contributed by atoms with van der Waals surface area (Å²) in [6.45, 7) is 0. The maximum atomic E-state index is 12.7.